The molecule has 3 N–H and O–H groups in total. The maximum atomic E-state index is 13.3. The van der Waals surface area contributed by atoms with Crippen LogP contribution in [0.5, 0.6) is 0 Å². The SMILES string of the molecule is CN(Cc1cc2cccnc2n1CCC(=O)N[C@@H](CS(=O)(=O)O)C(=O)CCCOCCOCCC(=O)O)N(C)C(=O)OCC1c2ccccc2-c2ccccc21. The summed E-state index contributed by atoms with van der Waals surface area (Å²) < 4.78 is 51.1. The van der Waals surface area contributed by atoms with Crippen LogP contribution in [0.1, 0.15) is 48.4 Å². The lowest BCUT2D eigenvalue weighted by Gasteiger charge is -2.28. The van der Waals surface area contributed by atoms with Gasteiger partial charge >= 0.3 is 12.1 Å². The van der Waals surface area contributed by atoms with Crippen LogP contribution >= 0.6 is 0 Å². The number of hydrogen-bond donors (Lipinski definition) is 3. The summed E-state index contributed by atoms with van der Waals surface area (Å²) in [4.78, 5) is 54.4. The molecule has 1 atom stereocenters. The standard InChI is InChI=1S/C39H47N5O11S/c1-42(43(2)39(49)55-25-33-31-12-5-3-10-29(31)30-11-4-6-13-32(30)33)24-28-23-27-9-7-17-40-38(27)44(28)18-15-36(46)41-34(26-56(50,51)52)35(45)14-8-19-53-21-22-54-20-16-37(47)48/h3-7,9-13,17,23,33-34H,8,14-16,18-22,24-26H2,1-2H3,(H,41,46)(H,47,48)(H,50,51,52)/t34-/m0/s1. The first-order valence-electron chi connectivity index (χ1n) is 18.2. The zero-order chi connectivity index (χ0) is 40.2. The highest BCUT2D eigenvalue weighted by Gasteiger charge is 2.30. The highest BCUT2D eigenvalue weighted by molar-refractivity contribution is 7.85. The largest absolute Gasteiger partial charge is 0.481 e. The third kappa shape index (κ3) is 11.4. The van der Waals surface area contributed by atoms with Gasteiger partial charge in [0.2, 0.25) is 5.91 Å². The molecule has 0 spiro atoms. The summed E-state index contributed by atoms with van der Waals surface area (Å²) in [6.07, 6.45) is 0.883. The van der Waals surface area contributed by atoms with Crippen LogP contribution in [0.3, 0.4) is 0 Å². The van der Waals surface area contributed by atoms with Crippen molar-refractivity contribution in [2.75, 3.05) is 52.9 Å². The second-order valence-electron chi connectivity index (χ2n) is 13.4. The molecule has 300 valence electrons. The Morgan fingerprint density at radius 2 is 1.55 bits per heavy atom. The summed E-state index contributed by atoms with van der Waals surface area (Å²) in [6, 6.07) is 20.2. The van der Waals surface area contributed by atoms with Crippen LogP contribution in [0, 0.1) is 0 Å². The molecule has 0 unspecified atom stereocenters. The number of ether oxygens (including phenoxy) is 3. The van der Waals surface area contributed by atoms with Crippen LogP contribution in [0.25, 0.3) is 22.2 Å². The molecular weight excluding hydrogens is 747 g/mol. The number of fused-ring (bicyclic) bond motifs is 4. The maximum Gasteiger partial charge on any atom is 0.424 e. The number of nitrogens with zero attached hydrogens (tertiary/aromatic N) is 4. The topological polar surface area (TPSA) is 207 Å². The Labute approximate surface area is 325 Å². The number of aromatic nitrogens is 2. The summed E-state index contributed by atoms with van der Waals surface area (Å²) >= 11 is 0. The summed E-state index contributed by atoms with van der Waals surface area (Å²) in [5.74, 6) is -3.26. The van der Waals surface area contributed by atoms with E-state index in [1.165, 1.54) is 5.01 Å². The number of carbonyl (C=O) groups is 4. The number of carboxylic acids is 1. The molecule has 0 aliphatic heterocycles. The van der Waals surface area contributed by atoms with E-state index in [0.29, 0.717) is 5.65 Å². The summed E-state index contributed by atoms with van der Waals surface area (Å²) in [7, 11) is -1.28. The van der Waals surface area contributed by atoms with Crippen LogP contribution in [0.2, 0.25) is 0 Å². The number of carboxylic acid groups (broad SMARTS) is 1. The van der Waals surface area contributed by atoms with Crippen molar-refractivity contribution in [1.82, 2.24) is 24.9 Å². The van der Waals surface area contributed by atoms with Gasteiger partial charge in [-0.1, -0.05) is 48.5 Å². The predicted octanol–water partition coefficient (Wildman–Crippen LogP) is 3.88. The monoisotopic (exact) mass is 793 g/mol. The minimum atomic E-state index is -4.61. The molecule has 5 rings (SSSR count). The van der Waals surface area contributed by atoms with Gasteiger partial charge in [0.15, 0.2) is 5.78 Å². The molecule has 0 bridgehead atoms. The first-order valence-corrected chi connectivity index (χ1v) is 19.8. The van der Waals surface area contributed by atoms with Gasteiger partial charge in [-0.3, -0.25) is 18.9 Å². The molecule has 0 saturated heterocycles. The molecule has 0 saturated carbocycles. The average Bonchev–Trinajstić information content (AvgIpc) is 3.68. The van der Waals surface area contributed by atoms with Crippen molar-refractivity contribution in [3.63, 3.8) is 0 Å². The van der Waals surface area contributed by atoms with Gasteiger partial charge in [0.1, 0.15) is 24.0 Å². The van der Waals surface area contributed by atoms with Crippen LogP contribution in [0.4, 0.5) is 4.79 Å². The van der Waals surface area contributed by atoms with Crippen LogP contribution < -0.4 is 5.32 Å². The number of aryl methyl sites for hydroxylation is 1. The number of aliphatic carboxylic acids is 1. The number of hydrazine groups is 1. The average molecular weight is 794 g/mol. The zero-order valence-corrected chi connectivity index (χ0v) is 32.2. The van der Waals surface area contributed by atoms with Gasteiger partial charge in [-0.05, 0) is 46.9 Å². The molecule has 2 amide bonds. The normalized spacial score (nSPS) is 13.0. The molecule has 2 heterocycles. The van der Waals surface area contributed by atoms with Crippen LogP contribution in [0.15, 0.2) is 72.9 Å². The molecule has 0 fully saturated rings. The number of pyridine rings is 1. The molecule has 0 radical (unpaired) electrons. The van der Waals surface area contributed by atoms with Crippen LogP contribution in [-0.4, -0.2) is 120 Å². The fourth-order valence-corrected chi connectivity index (χ4v) is 7.29. The summed E-state index contributed by atoms with van der Waals surface area (Å²) in [5, 5.41) is 14.9. The lowest BCUT2D eigenvalue weighted by atomic mass is 9.98. The minimum absolute atomic E-state index is 0.0463. The predicted molar refractivity (Wildman–Crippen MR) is 205 cm³/mol. The highest BCUT2D eigenvalue weighted by Crippen LogP contribution is 2.44. The van der Waals surface area contributed by atoms with Gasteiger partial charge in [-0.15, -0.1) is 0 Å². The van der Waals surface area contributed by atoms with E-state index in [0.717, 1.165) is 33.3 Å². The number of Topliss-reactive ketones (excluding diaryl/α,β-unsaturated/α-hetero) is 1. The lowest BCUT2D eigenvalue weighted by Crippen LogP contribution is -2.45. The smallest absolute Gasteiger partial charge is 0.424 e. The van der Waals surface area contributed by atoms with Gasteiger partial charge < -0.3 is 29.2 Å². The molecular formula is C39H47N5O11S. The number of ketones is 1. The summed E-state index contributed by atoms with van der Waals surface area (Å²) in [6.45, 7) is 1.03. The first-order chi connectivity index (χ1) is 26.8. The lowest BCUT2D eigenvalue weighted by molar-refractivity contribution is -0.138. The van der Waals surface area contributed by atoms with E-state index in [1.807, 2.05) is 41.0 Å². The van der Waals surface area contributed by atoms with Crippen molar-refractivity contribution in [3.8, 4) is 11.1 Å². The molecule has 56 heavy (non-hydrogen) atoms. The van der Waals surface area contributed by atoms with E-state index in [-0.39, 0.29) is 77.7 Å². The van der Waals surface area contributed by atoms with E-state index in [4.69, 9.17) is 19.3 Å². The van der Waals surface area contributed by atoms with Gasteiger partial charge in [-0.25, -0.2) is 19.8 Å². The molecule has 1 aliphatic carbocycles. The molecule has 2 aromatic carbocycles. The van der Waals surface area contributed by atoms with E-state index in [2.05, 4.69) is 34.6 Å². The van der Waals surface area contributed by atoms with Crippen molar-refractivity contribution >= 4 is 44.9 Å². The molecule has 17 heteroatoms. The van der Waals surface area contributed by atoms with Gasteiger partial charge in [0, 0.05) is 63.3 Å². The van der Waals surface area contributed by atoms with Crippen molar-refractivity contribution in [2.45, 2.75) is 50.7 Å². The van der Waals surface area contributed by atoms with Crippen molar-refractivity contribution in [3.05, 3.63) is 89.7 Å². The second-order valence-corrected chi connectivity index (χ2v) is 14.9. The third-order valence-corrected chi connectivity index (χ3v) is 10.2. The van der Waals surface area contributed by atoms with Gasteiger partial charge in [-0.2, -0.15) is 8.42 Å². The number of rotatable bonds is 22. The molecule has 16 nitrogen and oxygen atoms in total. The summed E-state index contributed by atoms with van der Waals surface area (Å²) in [5.41, 5.74) is 5.78. The Hall–Kier alpha value is -5.20. The Bertz CT molecular complexity index is 2080. The number of amides is 2. The van der Waals surface area contributed by atoms with E-state index >= 15 is 0 Å². The Morgan fingerprint density at radius 1 is 0.893 bits per heavy atom. The van der Waals surface area contributed by atoms with E-state index in [1.54, 1.807) is 31.4 Å². The van der Waals surface area contributed by atoms with Crippen LogP contribution in [-0.2, 0) is 51.8 Å². The highest BCUT2D eigenvalue weighted by atomic mass is 32.2. The maximum absolute atomic E-state index is 13.3. The Morgan fingerprint density at radius 3 is 2.21 bits per heavy atom. The minimum Gasteiger partial charge on any atom is -0.481 e. The molecule has 2 aromatic heterocycles. The van der Waals surface area contributed by atoms with Crippen molar-refractivity contribution in [1.29, 1.82) is 0 Å². The van der Waals surface area contributed by atoms with Crippen molar-refractivity contribution in [2.24, 2.45) is 0 Å². The van der Waals surface area contributed by atoms with Gasteiger partial charge in [0.25, 0.3) is 10.1 Å². The third-order valence-electron chi connectivity index (χ3n) is 9.45. The number of hydrogen-bond acceptors (Lipinski definition) is 11. The zero-order valence-electron chi connectivity index (χ0n) is 31.3. The van der Waals surface area contributed by atoms with Gasteiger partial charge in [0.05, 0.1) is 32.8 Å². The van der Waals surface area contributed by atoms with Crippen molar-refractivity contribution < 1.29 is 51.5 Å². The fraction of sp³-hybridized carbons (Fsp3) is 0.410. The Kier molecular flexibility index (Phi) is 14.7. The fourth-order valence-electron chi connectivity index (χ4n) is 6.60. The van der Waals surface area contributed by atoms with E-state index in [9.17, 15) is 32.1 Å². The second kappa shape index (κ2) is 19.6. The number of carbonyl (C=O) groups excluding carboxylic acids is 3. The number of benzene rings is 2. The Balaban J connectivity index is 1.15. The quantitative estimate of drug-likeness (QED) is 0.0588. The number of nitrogens with one attached hydrogen (secondary N) is 1. The molecule has 1 aliphatic rings. The van der Waals surface area contributed by atoms with E-state index < -0.39 is 45.7 Å². The first kappa shape index (κ1) is 42.0. The molecule has 4 aromatic rings.